The van der Waals surface area contributed by atoms with Crippen molar-refractivity contribution in [2.45, 2.75) is 19.8 Å². The molecule has 0 atom stereocenters. The molecule has 1 rings (SSSR count). The lowest BCUT2D eigenvalue weighted by Gasteiger charge is -2.11. The molecular formula is C11H18N4O4. The highest BCUT2D eigenvalue weighted by Crippen LogP contribution is 2.32. The van der Waals surface area contributed by atoms with Gasteiger partial charge in [0.1, 0.15) is 12.4 Å². The van der Waals surface area contributed by atoms with Gasteiger partial charge in [0.05, 0.1) is 11.5 Å². The van der Waals surface area contributed by atoms with Crippen molar-refractivity contribution >= 4 is 11.5 Å². The fraction of sp³-hybridized carbons (Fsp3) is 0.636. The van der Waals surface area contributed by atoms with Gasteiger partial charge in [-0.1, -0.05) is 13.8 Å². The topological polar surface area (TPSA) is 99.4 Å². The first-order chi connectivity index (χ1) is 9.01. The first-order valence-corrected chi connectivity index (χ1v) is 5.87. The quantitative estimate of drug-likeness (QED) is 0.456. The molecule has 0 bridgehead atoms. The molecule has 19 heavy (non-hydrogen) atoms. The predicted molar refractivity (Wildman–Crippen MR) is 69.7 cm³/mol. The van der Waals surface area contributed by atoms with Gasteiger partial charge >= 0.3 is 5.69 Å². The Morgan fingerprint density at radius 3 is 2.53 bits per heavy atom. The van der Waals surface area contributed by atoms with Crippen molar-refractivity contribution in [3.8, 4) is 5.88 Å². The highest BCUT2D eigenvalue weighted by molar-refractivity contribution is 5.61. The summed E-state index contributed by atoms with van der Waals surface area (Å²) >= 11 is 0. The van der Waals surface area contributed by atoms with Gasteiger partial charge in [-0.3, -0.25) is 10.1 Å². The molecule has 0 aliphatic rings. The predicted octanol–water partition coefficient (Wildman–Crippen LogP) is 1.58. The molecule has 1 aromatic rings. The Labute approximate surface area is 111 Å². The summed E-state index contributed by atoms with van der Waals surface area (Å²) in [6.45, 7) is 4.32. The monoisotopic (exact) mass is 270 g/mol. The van der Waals surface area contributed by atoms with Crippen LogP contribution in [0, 0.1) is 10.1 Å². The molecule has 0 saturated heterocycles. The van der Waals surface area contributed by atoms with Crippen LogP contribution in [0.15, 0.2) is 0 Å². The molecule has 0 aliphatic heterocycles. The Bertz CT molecular complexity index is 451. The average molecular weight is 270 g/mol. The van der Waals surface area contributed by atoms with E-state index in [9.17, 15) is 10.1 Å². The number of hydrogen-bond acceptors (Lipinski definition) is 7. The molecule has 0 saturated carbocycles. The number of nitro groups is 1. The molecule has 0 aliphatic carbocycles. The molecule has 0 unspecified atom stereocenters. The highest BCUT2D eigenvalue weighted by Gasteiger charge is 2.26. The molecule has 8 heteroatoms. The minimum atomic E-state index is -0.557. The first kappa shape index (κ1) is 15.1. The van der Waals surface area contributed by atoms with Crippen molar-refractivity contribution in [1.29, 1.82) is 0 Å². The number of nitrogens with one attached hydrogen (secondary N) is 1. The lowest BCUT2D eigenvalue weighted by molar-refractivity contribution is -0.385. The van der Waals surface area contributed by atoms with Gasteiger partial charge in [-0.15, -0.1) is 0 Å². The van der Waals surface area contributed by atoms with Crippen LogP contribution in [0.3, 0.4) is 0 Å². The van der Waals surface area contributed by atoms with Crippen molar-refractivity contribution in [2.24, 2.45) is 0 Å². The third kappa shape index (κ3) is 3.75. The fourth-order valence-electron chi connectivity index (χ4n) is 1.37. The van der Waals surface area contributed by atoms with Gasteiger partial charge in [-0.05, 0) is 0 Å². The Morgan fingerprint density at radius 2 is 2.05 bits per heavy atom. The van der Waals surface area contributed by atoms with Crippen LogP contribution in [0.25, 0.3) is 0 Å². The number of rotatable bonds is 7. The zero-order valence-corrected chi connectivity index (χ0v) is 11.5. The van der Waals surface area contributed by atoms with Gasteiger partial charge in [0.15, 0.2) is 0 Å². The van der Waals surface area contributed by atoms with E-state index in [1.807, 2.05) is 13.8 Å². The van der Waals surface area contributed by atoms with Crippen molar-refractivity contribution in [3.63, 3.8) is 0 Å². The van der Waals surface area contributed by atoms with E-state index in [1.54, 1.807) is 7.05 Å². The lowest BCUT2D eigenvalue weighted by atomic mass is 10.2. The molecule has 1 aromatic heterocycles. The Balaban J connectivity index is 3.20. The van der Waals surface area contributed by atoms with E-state index in [2.05, 4.69) is 15.3 Å². The summed E-state index contributed by atoms with van der Waals surface area (Å²) in [4.78, 5) is 18.8. The maximum absolute atomic E-state index is 11.1. The molecule has 1 N–H and O–H groups in total. The molecular weight excluding hydrogens is 252 g/mol. The molecule has 1 heterocycles. The second kappa shape index (κ2) is 6.83. The van der Waals surface area contributed by atoms with E-state index in [0.717, 1.165) is 0 Å². The Hall–Kier alpha value is -1.96. The highest BCUT2D eigenvalue weighted by atomic mass is 16.6. The number of methoxy groups -OCH3 is 1. The van der Waals surface area contributed by atoms with E-state index in [4.69, 9.17) is 9.47 Å². The van der Waals surface area contributed by atoms with Crippen LogP contribution in [0.2, 0.25) is 0 Å². The van der Waals surface area contributed by atoms with Crippen LogP contribution in [0.1, 0.15) is 25.6 Å². The summed E-state index contributed by atoms with van der Waals surface area (Å²) in [5.74, 6) is 0.640. The second-order valence-electron chi connectivity index (χ2n) is 4.09. The van der Waals surface area contributed by atoms with Crippen molar-refractivity contribution < 1.29 is 14.4 Å². The van der Waals surface area contributed by atoms with Crippen molar-refractivity contribution in [2.75, 3.05) is 32.7 Å². The normalized spacial score (nSPS) is 10.6. The number of hydrogen-bond donors (Lipinski definition) is 1. The van der Waals surface area contributed by atoms with Crippen molar-refractivity contribution in [1.82, 2.24) is 9.97 Å². The zero-order chi connectivity index (χ0) is 14.4. The van der Waals surface area contributed by atoms with Crippen LogP contribution in [-0.4, -0.2) is 42.3 Å². The summed E-state index contributed by atoms with van der Waals surface area (Å²) in [6, 6.07) is 0. The molecule has 0 amide bonds. The van der Waals surface area contributed by atoms with E-state index in [0.29, 0.717) is 12.4 Å². The Kier molecular flexibility index (Phi) is 5.43. The maximum atomic E-state index is 11.1. The maximum Gasteiger partial charge on any atom is 0.372 e. The van der Waals surface area contributed by atoms with E-state index >= 15 is 0 Å². The van der Waals surface area contributed by atoms with Gasteiger partial charge in [0, 0.05) is 20.1 Å². The van der Waals surface area contributed by atoms with Gasteiger partial charge in [0.25, 0.3) is 5.88 Å². The smallest absolute Gasteiger partial charge is 0.372 e. The van der Waals surface area contributed by atoms with Gasteiger partial charge in [0.2, 0.25) is 5.82 Å². The van der Waals surface area contributed by atoms with Crippen LogP contribution >= 0.6 is 0 Å². The minimum Gasteiger partial charge on any atom is -0.470 e. The Morgan fingerprint density at radius 1 is 1.37 bits per heavy atom. The van der Waals surface area contributed by atoms with Crippen LogP contribution in [0.5, 0.6) is 5.88 Å². The summed E-state index contributed by atoms with van der Waals surface area (Å²) in [6.07, 6.45) is 0. The number of aromatic nitrogens is 2. The lowest BCUT2D eigenvalue weighted by Crippen LogP contribution is -2.12. The van der Waals surface area contributed by atoms with E-state index < -0.39 is 4.92 Å². The number of ether oxygens (including phenoxy) is 2. The third-order valence-corrected chi connectivity index (χ3v) is 2.33. The molecule has 0 spiro atoms. The van der Waals surface area contributed by atoms with Crippen molar-refractivity contribution in [3.05, 3.63) is 15.9 Å². The summed E-state index contributed by atoms with van der Waals surface area (Å²) in [5.41, 5.74) is -0.261. The third-order valence-electron chi connectivity index (χ3n) is 2.33. The number of anilines is 1. The molecule has 0 aromatic carbocycles. The van der Waals surface area contributed by atoms with Crippen LogP contribution in [0.4, 0.5) is 11.5 Å². The minimum absolute atomic E-state index is 0.0369. The largest absolute Gasteiger partial charge is 0.470 e. The molecule has 0 fully saturated rings. The van der Waals surface area contributed by atoms with Gasteiger partial charge < -0.3 is 14.8 Å². The van der Waals surface area contributed by atoms with E-state index in [1.165, 1.54) is 7.11 Å². The first-order valence-electron chi connectivity index (χ1n) is 5.87. The summed E-state index contributed by atoms with van der Waals surface area (Å²) in [5, 5.41) is 13.8. The summed E-state index contributed by atoms with van der Waals surface area (Å²) in [7, 11) is 3.09. The average Bonchev–Trinajstić information content (AvgIpc) is 2.37. The van der Waals surface area contributed by atoms with E-state index in [-0.39, 0.29) is 29.9 Å². The molecule has 0 radical (unpaired) electrons. The standard InChI is InChI=1S/C11H18N4O4/c1-7(2)9-13-10(12-3)8(15(16)17)11(14-9)19-6-5-18-4/h7H,5-6H2,1-4H3,(H,12,13,14). The van der Waals surface area contributed by atoms with Gasteiger partial charge in [-0.25, -0.2) is 4.98 Å². The SMILES string of the molecule is CNc1nc(C(C)C)nc(OCCOC)c1[N+](=O)[O-]. The van der Waals surface area contributed by atoms with Crippen LogP contribution in [-0.2, 0) is 4.74 Å². The van der Waals surface area contributed by atoms with Crippen LogP contribution < -0.4 is 10.1 Å². The fourth-order valence-corrected chi connectivity index (χ4v) is 1.37. The molecule has 106 valence electrons. The number of nitrogens with zero attached hydrogens (tertiary/aromatic N) is 3. The molecule has 8 nitrogen and oxygen atoms in total. The second-order valence-corrected chi connectivity index (χ2v) is 4.09. The summed E-state index contributed by atoms with van der Waals surface area (Å²) < 4.78 is 10.2. The van der Waals surface area contributed by atoms with Gasteiger partial charge in [-0.2, -0.15) is 4.98 Å². The zero-order valence-electron chi connectivity index (χ0n) is 11.5.